The van der Waals surface area contributed by atoms with Crippen molar-refractivity contribution in [3.05, 3.63) is 71.7 Å². The van der Waals surface area contributed by atoms with Crippen molar-refractivity contribution >= 4 is 34.7 Å². The van der Waals surface area contributed by atoms with E-state index in [-0.39, 0.29) is 18.1 Å². The molecule has 4 rings (SSSR count). The molecule has 1 N–H and O–H groups in total. The minimum absolute atomic E-state index is 0.154. The molecule has 4 aromatic rings. The lowest BCUT2D eigenvalue weighted by atomic mass is 10.2. The Balaban J connectivity index is 1.36. The number of anilines is 1. The summed E-state index contributed by atoms with van der Waals surface area (Å²) in [7, 11) is 1.88. The number of aromatic nitrogens is 4. The molecule has 0 saturated carbocycles. The van der Waals surface area contributed by atoms with E-state index in [0.29, 0.717) is 22.0 Å². The molecule has 0 aliphatic rings. The van der Waals surface area contributed by atoms with Gasteiger partial charge in [0, 0.05) is 28.6 Å². The van der Waals surface area contributed by atoms with Gasteiger partial charge in [-0.25, -0.2) is 9.37 Å². The number of nitrogens with one attached hydrogen (secondary N) is 1. The number of hydrogen-bond acceptors (Lipinski definition) is 6. The van der Waals surface area contributed by atoms with Crippen LogP contribution in [0.3, 0.4) is 0 Å². The van der Waals surface area contributed by atoms with Crippen LogP contribution in [0.15, 0.2) is 70.3 Å². The van der Waals surface area contributed by atoms with Crippen LogP contribution in [-0.2, 0) is 18.3 Å². The van der Waals surface area contributed by atoms with Gasteiger partial charge in [-0.1, -0.05) is 12.1 Å². The van der Waals surface area contributed by atoms with Crippen LogP contribution in [0.1, 0.15) is 5.69 Å². The maximum Gasteiger partial charge on any atom is 0.230 e. The third-order valence-electron chi connectivity index (χ3n) is 3.98. The Bertz CT molecular complexity index is 1140. The third kappa shape index (κ3) is 4.87. The summed E-state index contributed by atoms with van der Waals surface area (Å²) in [6.07, 6.45) is 1.80. The van der Waals surface area contributed by atoms with Gasteiger partial charge >= 0.3 is 0 Å². The second-order valence-electron chi connectivity index (χ2n) is 6.23. The van der Waals surface area contributed by atoms with Gasteiger partial charge in [0.15, 0.2) is 5.16 Å². The summed E-state index contributed by atoms with van der Waals surface area (Å²) < 4.78 is 15.2. The number of halogens is 1. The molecule has 0 radical (unpaired) electrons. The van der Waals surface area contributed by atoms with Crippen molar-refractivity contribution < 1.29 is 9.18 Å². The standard InChI is InChI=1S/C20H16FN5OS2/c1-26-12-22-25-20(26)29-17-7-5-15(6-8-17)23-18(27)10-16-11-28-19(24-16)13-3-2-4-14(21)9-13/h2-9,11-12H,10H2,1H3,(H,23,27). The first-order valence-corrected chi connectivity index (χ1v) is 10.4. The molecule has 0 bridgehead atoms. The van der Waals surface area contributed by atoms with Crippen LogP contribution in [0.2, 0.25) is 0 Å². The second-order valence-corrected chi connectivity index (χ2v) is 8.13. The van der Waals surface area contributed by atoms with E-state index in [4.69, 9.17) is 0 Å². The number of hydrogen-bond donors (Lipinski definition) is 1. The van der Waals surface area contributed by atoms with Gasteiger partial charge in [0.1, 0.15) is 17.2 Å². The van der Waals surface area contributed by atoms with Gasteiger partial charge in [-0.15, -0.1) is 21.5 Å². The van der Waals surface area contributed by atoms with E-state index in [2.05, 4.69) is 20.5 Å². The largest absolute Gasteiger partial charge is 0.326 e. The lowest BCUT2D eigenvalue weighted by molar-refractivity contribution is -0.115. The van der Waals surface area contributed by atoms with Crippen molar-refractivity contribution in [2.24, 2.45) is 7.05 Å². The van der Waals surface area contributed by atoms with Crippen LogP contribution in [-0.4, -0.2) is 25.7 Å². The van der Waals surface area contributed by atoms with E-state index in [9.17, 15) is 9.18 Å². The maximum atomic E-state index is 13.4. The van der Waals surface area contributed by atoms with Crippen LogP contribution in [0.5, 0.6) is 0 Å². The average molecular weight is 426 g/mol. The molecule has 0 unspecified atom stereocenters. The second kappa shape index (κ2) is 8.54. The predicted molar refractivity (Wildman–Crippen MR) is 111 cm³/mol. The molecule has 0 aliphatic heterocycles. The van der Waals surface area contributed by atoms with Crippen molar-refractivity contribution in [1.82, 2.24) is 19.7 Å². The summed E-state index contributed by atoms with van der Waals surface area (Å²) >= 11 is 2.88. The molecule has 146 valence electrons. The van der Waals surface area contributed by atoms with Crippen LogP contribution >= 0.6 is 23.1 Å². The molecule has 1 amide bonds. The monoisotopic (exact) mass is 425 g/mol. The molecule has 0 atom stereocenters. The smallest absolute Gasteiger partial charge is 0.230 e. The number of carbonyl (C=O) groups excluding carboxylic acids is 1. The minimum atomic E-state index is -0.308. The first kappa shape index (κ1) is 19.3. The summed E-state index contributed by atoms with van der Waals surface area (Å²) in [6, 6.07) is 13.8. The number of thiazole rings is 1. The number of benzene rings is 2. The van der Waals surface area contributed by atoms with Crippen LogP contribution in [0.25, 0.3) is 10.6 Å². The summed E-state index contributed by atoms with van der Waals surface area (Å²) in [5, 5.41) is 14.1. The quantitative estimate of drug-likeness (QED) is 0.495. The SMILES string of the molecule is Cn1cnnc1Sc1ccc(NC(=O)Cc2csc(-c3cccc(F)c3)n2)cc1. The van der Waals surface area contributed by atoms with E-state index < -0.39 is 0 Å². The van der Waals surface area contributed by atoms with Gasteiger partial charge in [-0.3, -0.25) is 4.79 Å². The fraction of sp³-hybridized carbons (Fsp3) is 0.100. The van der Waals surface area contributed by atoms with E-state index in [1.807, 2.05) is 41.3 Å². The number of amides is 1. The molecule has 0 saturated heterocycles. The molecular formula is C20H16FN5OS2. The highest BCUT2D eigenvalue weighted by Crippen LogP contribution is 2.27. The zero-order valence-electron chi connectivity index (χ0n) is 15.4. The molecule has 6 nitrogen and oxygen atoms in total. The molecule has 0 spiro atoms. The van der Waals surface area contributed by atoms with Gasteiger partial charge in [0.05, 0.1) is 12.1 Å². The highest BCUT2D eigenvalue weighted by atomic mass is 32.2. The lowest BCUT2D eigenvalue weighted by Gasteiger charge is -2.05. The lowest BCUT2D eigenvalue weighted by Crippen LogP contribution is -2.14. The highest BCUT2D eigenvalue weighted by Gasteiger charge is 2.10. The Morgan fingerprint density at radius 1 is 1.24 bits per heavy atom. The maximum absolute atomic E-state index is 13.4. The van der Waals surface area contributed by atoms with Gasteiger partial charge in [0.2, 0.25) is 5.91 Å². The van der Waals surface area contributed by atoms with Gasteiger partial charge in [0.25, 0.3) is 0 Å². The molecular weight excluding hydrogens is 409 g/mol. The van der Waals surface area contributed by atoms with E-state index in [1.54, 1.807) is 18.5 Å². The van der Waals surface area contributed by atoms with Crippen LogP contribution in [0, 0.1) is 5.82 Å². The van der Waals surface area contributed by atoms with E-state index >= 15 is 0 Å². The Hall–Kier alpha value is -3.04. The molecule has 0 fully saturated rings. The Morgan fingerprint density at radius 3 is 2.79 bits per heavy atom. The molecule has 0 aliphatic carbocycles. The number of nitrogens with zero attached hydrogens (tertiary/aromatic N) is 4. The zero-order chi connectivity index (χ0) is 20.2. The summed E-state index contributed by atoms with van der Waals surface area (Å²) in [5.41, 5.74) is 2.07. The fourth-order valence-electron chi connectivity index (χ4n) is 2.59. The number of carbonyl (C=O) groups is 1. The fourth-order valence-corrected chi connectivity index (χ4v) is 4.17. The van der Waals surface area contributed by atoms with Crippen molar-refractivity contribution in [1.29, 1.82) is 0 Å². The highest BCUT2D eigenvalue weighted by molar-refractivity contribution is 7.99. The van der Waals surface area contributed by atoms with E-state index in [1.165, 1.54) is 35.2 Å². The van der Waals surface area contributed by atoms with Crippen molar-refractivity contribution in [2.45, 2.75) is 16.5 Å². The molecule has 2 heterocycles. The summed E-state index contributed by atoms with van der Waals surface area (Å²) in [6.45, 7) is 0. The van der Waals surface area contributed by atoms with Crippen LogP contribution in [0.4, 0.5) is 10.1 Å². The Morgan fingerprint density at radius 2 is 2.07 bits per heavy atom. The van der Waals surface area contributed by atoms with Gasteiger partial charge < -0.3 is 9.88 Å². The zero-order valence-corrected chi connectivity index (χ0v) is 17.0. The van der Waals surface area contributed by atoms with Gasteiger partial charge in [-0.05, 0) is 48.2 Å². The Kier molecular flexibility index (Phi) is 5.68. The molecule has 2 aromatic carbocycles. The first-order valence-electron chi connectivity index (χ1n) is 8.69. The van der Waals surface area contributed by atoms with E-state index in [0.717, 1.165) is 10.1 Å². The number of rotatable bonds is 6. The summed E-state index contributed by atoms with van der Waals surface area (Å²) in [4.78, 5) is 17.8. The van der Waals surface area contributed by atoms with Crippen molar-refractivity contribution in [2.75, 3.05) is 5.32 Å². The van der Waals surface area contributed by atoms with Crippen molar-refractivity contribution in [3.63, 3.8) is 0 Å². The van der Waals surface area contributed by atoms with Gasteiger partial charge in [-0.2, -0.15) is 0 Å². The minimum Gasteiger partial charge on any atom is -0.326 e. The number of aryl methyl sites for hydroxylation is 1. The van der Waals surface area contributed by atoms with Crippen LogP contribution < -0.4 is 5.32 Å². The first-order chi connectivity index (χ1) is 14.1. The molecule has 9 heteroatoms. The normalized spacial score (nSPS) is 10.8. The third-order valence-corrected chi connectivity index (χ3v) is 5.98. The average Bonchev–Trinajstić information content (AvgIpc) is 3.33. The Labute approximate surface area is 174 Å². The molecule has 2 aromatic heterocycles. The molecule has 29 heavy (non-hydrogen) atoms. The predicted octanol–water partition coefficient (Wildman–Crippen LogP) is 4.41. The van der Waals surface area contributed by atoms with Crippen molar-refractivity contribution in [3.8, 4) is 10.6 Å². The summed E-state index contributed by atoms with van der Waals surface area (Å²) in [5.74, 6) is -0.465. The topological polar surface area (TPSA) is 72.7 Å².